The number of hydrogen-bond donors (Lipinski definition) is 2. The minimum absolute atomic E-state index is 0.0384. The number of hydrogen-bond acceptors (Lipinski definition) is 7. The number of phosphoric acid groups is 1. The maximum Gasteiger partial charge on any atom is 0.472 e. The summed E-state index contributed by atoms with van der Waals surface area (Å²) in [6, 6.07) is 0. The highest BCUT2D eigenvalue weighted by molar-refractivity contribution is 7.47. The highest BCUT2D eigenvalue weighted by atomic mass is 31.2. The normalized spacial score (nSPS) is 13.5. The van der Waals surface area contributed by atoms with Crippen LogP contribution in [-0.4, -0.2) is 43.3 Å². The number of ether oxygens (including phenoxy) is 2. The molecule has 0 saturated heterocycles. The van der Waals surface area contributed by atoms with Crippen LogP contribution in [0.2, 0.25) is 0 Å². The van der Waals surface area contributed by atoms with E-state index in [0.717, 1.165) is 32.1 Å². The minimum Gasteiger partial charge on any atom is -0.498 e. The van der Waals surface area contributed by atoms with Crippen LogP contribution in [0.4, 0.5) is 0 Å². The van der Waals surface area contributed by atoms with E-state index in [2.05, 4.69) is 13.8 Å². The Hall–Kier alpha value is -0.920. The number of esters is 1. The van der Waals surface area contributed by atoms with E-state index in [0.29, 0.717) is 6.42 Å². The van der Waals surface area contributed by atoms with Crippen LogP contribution in [-0.2, 0) is 27.9 Å². The molecule has 0 spiro atoms. The van der Waals surface area contributed by atoms with Gasteiger partial charge in [0.1, 0.15) is 6.61 Å². The van der Waals surface area contributed by atoms with E-state index in [1.807, 2.05) is 6.08 Å². The van der Waals surface area contributed by atoms with Crippen molar-refractivity contribution in [1.29, 1.82) is 0 Å². The fourth-order valence-electron chi connectivity index (χ4n) is 6.14. The highest BCUT2D eigenvalue weighted by Crippen LogP contribution is 2.43. The first-order valence-electron chi connectivity index (χ1n) is 21.2. The maximum atomic E-state index is 12.5. The van der Waals surface area contributed by atoms with E-state index in [-0.39, 0.29) is 32.3 Å². The molecule has 0 saturated carbocycles. The molecule has 0 bridgehead atoms. The molecule has 0 aliphatic rings. The second kappa shape index (κ2) is 39.3. The summed E-state index contributed by atoms with van der Waals surface area (Å²) in [6.45, 7) is 4.27. The zero-order valence-corrected chi connectivity index (χ0v) is 33.8. The molecule has 0 aliphatic carbocycles. The van der Waals surface area contributed by atoms with Crippen LogP contribution in [0, 0.1) is 0 Å². The topological polar surface area (TPSA) is 117 Å². The second-order valence-corrected chi connectivity index (χ2v) is 15.7. The predicted octanol–water partition coefficient (Wildman–Crippen LogP) is 12.7. The summed E-state index contributed by atoms with van der Waals surface area (Å²) in [4.78, 5) is 22.4. The zero-order chi connectivity index (χ0) is 36.6. The third kappa shape index (κ3) is 38.3. The molecular formula is C41H82NO7P. The van der Waals surface area contributed by atoms with Crippen LogP contribution in [0.25, 0.3) is 0 Å². The Labute approximate surface area is 309 Å². The fourth-order valence-corrected chi connectivity index (χ4v) is 6.91. The number of carbonyl (C=O) groups is 1. The summed E-state index contributed by atoms with van der Waals surface area (Å²) < 4.78 is 33.2. The first kappa shape index (κ1) is 49.1. The molecule has 298 valence electrons. The first-order chi connectivity index (χ1) is 24.4. The summed E-state index contributed by atoms with van der Waals surface area (Å²) >= 11 is 0. The molecule has 2 unspecified atom stereocenters. The first-order valence-corrected chi connectivity index (χ1v) is 22.7. The van der Waals surface area contributed by atoms with Crippen LogP contribution >= 0.6 is 7.82 Å². The lowest BCUT2D eigenvalue weighted by atomic mass is 10.0. The van der Waals surface area contributed by atoms with Crippen molar-refractivity contribution in [2.75, 3.05) is 26.4 Å². The van der Waals surface area contributed by atoms with E-state index in [9.17, 15) is 14.3 Å². The lowest BCUT2D eigenvalue weighted by Gasteiger charge is -2.19. The Morgan fingerprint density at radius 2 is 1.00 bits per heavy atom. The van der Waals surface area contributed by atoms with E-state index >= 15 is 0 Å². The van der Waals surface area contributed by atoms with Gasteiger partial charge in [0.05, 0.1) is 19.5 Å². The standard InChI is InChI=1S/C41H82NO7P/c1-3-5-7-9-11-13-15-17-19-21-23-25-27-29-31-33-36-46-38-40(39-48-50(44,45)47-37-35-42)49-41(43)34-32-30-28-26-24-22-20-18-16-14-12-10-8-6-4-2/h33,36,40H,3-32,34-35,37-39,42H2,1-2H3,(H,44,45)/b36-33+. The zero-order valence-electron chi connectivity index (χ0n) is 32.9. The third-order valence-electron chi connectivity index (χ3n) is 9.28. The van der Waals surface area contributed by atoms with Gasteiger partial charge in [-0.2, -0.15) is 0 Å². The molecule has 0 heterocycles. The molecule has 9 heteroatoms. The van der Waals surface area contributed by atoms with Crippen LogP contribution in [0.3, 0.4) is 0 Å². The van der Waals surface area contributed by atoms with Gasteiger partial charge in [0, 0.05) is 13.0 Å². The number of nitrogens with two attached hydrogens (primary N) is 1. The third-order valence-corrected chi connectivity index (χ3v) is 10.3. The number of rotatable bonds is 41. The number of allylic oxidation sites excluding steroid dienone is 1. The largest absolute Gasteiger partial charge is 0.498 e. The molecule has 0 aliphatic heterocycles. The van der Waals surface area contributed by atoms with E-state index in [1.165, 1.54) is 161 Å². The van der Waals surface area contributed by atoms with Crippen LogP contribution < -0.4 is 5.73 Å². The molecule has 0 aromatic rings. The van der Waals surface area contributed by atoms with Crippen molar-refractivity contribution in [1.82, 2.24) is 0 Å². The van der Waals surface area contributed by atoms with E-state index in [1.54, 1.807) is 6.26 Å². The molecule has 0 radical (unpaired) electrons. The average molecular weight is 732 g/mol. The van der Waals surface area contributed by atoms with Crippen molar-refractivity contribution in [3.8, 4) is 0 Å². The molecule has 0 rings (SSSR count). The smallest absolute Gasteiger partial charge is 0.472 e. The predicted molar refractivity (Wildman–Crippen MR) is 210 cm³/mol. The molecule has 50 heavy (non-hydrogen) atoms. The molecule has 0 fully saturated rings. The molecule has 2 atom stereocenters. The number of carbonyl (C=O) groups excluding carboxylic acids is 1. The van der Waals surface area contributed by atoms with Gasteiger partial charge in [-0.25, -0.2) is 4.57 Å². The Kier molecular flexibility index (Phi) is 38.6. The minimum atomic E-state index is -4.28. The number of unbranched alkanes of at least 4 members (excludes halogenated alkanes) is 28. The van der Waals surface area contributed by atoms with Crippen molar-refractivity contribution in [2.45, 2.75) is 219 Å². The monoisotopic (exact) mass is 732 g/mol. The van der Waals surface area contributed by atoms with Crippen molar-refractivity contribution in [2.24, 2.45) is 5.73 Å². The van der Waals surface area contributed by atoms with Crippen LogP contribution in [0.15, 0.2) is 12.3 Å². The quantitative estimate of drug-likeness (QED) is 0.0276. The Balaban J connectivity index is 4.05. The number of phosphoric ester groups is 1. The van der Waals surface area contributed by atoms with Crippen molar-refractivity contribution in [3.63, 3.8) is 0 Å². The van der Waals surface area contributed by atoms with Crippen molar-refractivity contribution in [3.05, 3.63) is 12.3 Å². The van der Waals surface area contributed by atoms with E-state index in [4.69, 9.17) is 24.3 Å². The van der Waals surface area contributed by atoms with Gasteiger partial charge in [-0.05, 0) is 25.3 Å². The molecule has 0 aromatic heterocycles. The average Bonchev–Trinajstić information content (AvgIpc) is 3.10. The Morgan fingerprint density at radius 1 is 0.600 bits per heavy atom. The van der Waals surface area contributed by atoms with Gasteiger partial charge < -0.3 is 20.1 Å². The van der Waals surface area contributed by atoms with Gasteiger partial charge in [0.25, 0.3) is 0 Å². The Bertz CT molecular complexity index is 782. The highest BCUT2D eigenvalue weighted by Gasteiger charge is 2.25. The second-order valence-electron chi connectivity index (χ2n) is 14.3. The van der Waals surface area contributed by atoms with Crippen molar-refractivity contribution < 1.29 is 32.8 Å². The Morgan fingerprint density at radius 3 is 1.42 bits per heavy atom. The summed E-state index contributed by atoms with van der Waals surface area (Å²) in [5.41, 5.74) is 5.36. The molecule has 3 N–H and O–H groups in total. The maximum absolute atomic E-state index is 12.5. The summed E-state index contributed by atoms with van der Waals surface area (Å²) in [6.07, 6.45) is 41.7. The summed E-state index contributed by atoms with van der Waals surface area (Å²) in [7, 11) is -4.28. The fraction of sp³-hybridized carbons (Fsp3) is 0.927. The van der Waals surface area contributed by atoms with Crippen LogP contribution in [0.5, 0.6) is 0 Å². The van der Waals surface area contributed by atoms with Gasteiger partial charge in [0.15, 0.2) is 6.10 Å². The summed E-state index contributed by atoms with van der Waals surface area (Å²) in [5, 5.41) is 0. The molecular weight excluding hydrogens is 649 g/mol. The lowest BCUT2D eigenvalue weighted by Crippen LogP contribution is -2.27. The molecule has 0 aromatic carbocycles. The lowest BCUT2D eigenvalue weighted by molar-refractivity contribution is -0.153. The van der Waals surface area contributed by atoms with Gasteiger partial charge in [-0.15, -0.1) is 0 Å². The van der Waals surface area contributed by atoms with Crippen molar-refractivity contribution >= 4 is 13.8 Å². The van der Waals surface area contributed by atoms with Gasteiger partial charge in [-0.3, -0.25) is 13.8 Å². The molecule has 0 amide bonds. The van der Waals surface area contributed by atoms with Gasteiger partial charge >= 0.3 is 13.8 Å². The van der Waals surface area contributed by atoms with Gasteiger partial charge in [0.2, 0.25) is 0 Å². The SMILES string of the molecule is CCCCCCCCCCCCCCCC/C=C/OCC(COP(=O)(O)OCCN)OC(=O)CCCCCCCCCCCCCCCCC. The summed E-state index contributed by atoms with van der Waals surface area (Å²) in [5.74, 6) is -0.348. The van der Waals surface area contributed by atoms with Crippen LogP contribution in [0.1, 0.15) is 213 Å². The van der Waals surface area contributed by atoms with E-state index < -0.39 is 13.9 Å². The molecule has 8 nitrogen and oxygen atoms in total. The van der Waals surface area contributed by atoms with Gasteiger partial charge in [-0.1, -0.05) is 187 Å².